The molecule has 0 unspecified atom stereocenters. The summed E-state index contributed by atoms with van der Waals surface area (Å²) in [6.45, 7) is 3.86. The minimum atomic E-state index is -0.442. The quantitative estimate of drug-likeness (QED) is 0.644. The van der Waals surface area contributed by atoms with Crippen molar-refractivity contribution in [2.45, 2.75) is 19.8 Å². The van der Waals surface area contributed by atoms with E-state index in [-0.39, 0.29) is 17.4 Å². The van der Waals surface area contributed by atoms with Gasteiger partial charge in [-0.25, -0.2) is 0 Å². The summed E-state index contributed by atoms with van der Waals surface area (Å²) in [6, 6.07) is 7.16. The van der Waals surface area contributed by atoms with Gasteiger partial charge in [-0.05, 0) is 11.3 Å². The Balaban J connectivity index is 2.98. The molecule has 84 valence electrons. The minimum absolute atomic E-state index is 0.0661. The Kier molecular flexibility index (Phi) is 2.38. The molecule has 3 heteroatoms. The summed E-state index contributed by atoms with van der Waals surface area (Å²) in [4.78, 5) is 0. The van der Waals surface area contributed by atoms with E-state index < -0.39 is 5.75 Å². The third-order valence-electron chi connectivity index (χ3n) is 2.75. The van der Waals surface area contributed by atoms with Gasteiger partial charge in [0.15, 0.2) is 11.5 Å². The lowest BCUT2D eigenvalue weighted by atomic mass is 9.94. The largest absolute Gasteiger partial charge is 0.504 e. The molecule has 0 aromatic heterocycles. The number of fused-ring (bicyclic) bond motifs is 1. The second-order valence-corrected chi connectivity index (χ2v) is 4.16. The van der Waals surface area contributed by atoms with Gasteiger partial charge in [0.1, 0.15) is 0 Å². The molecule has 0 amide bonds. The minimum Gasteiger partial charge on any atom is -0.504 e. The van der Waals surface area contributed by atoms with Gasteiger partial charge in [0.05, 0.1) is 0 Å². The van der Waals surface area contributed by atoms with Gasteiger partial charge in [0, 0.05) is 10.9 Å². The average Bonchev–Trinajstić information content (AvgIpc) is 2.26. The van der Waals surface area contributed by atoms with Crippen molar-refractivity contribution in [3.05, 3.63) is 29.8 Å². The molecule has 2 rings (SSSR count). The molecule has 0 fully saturated rings. The number of aromatic hydroxyl groups is 3. The molecule has 0 spiro atoms. The van der Waals surface area contributed by atoms with Crippen LogP contribution in [0.4, 0.5) is 0 Å². The first kappa shape index (κ1) is 10.6. The van der Waals surface area contributed by atoms with Crippen molar-refractivity contribution in [2.75, 3.05) is 0 Å². The first-order chi connectivity index (χ1) is 7.54. The Morgan fingerprint density at radius 3 is 1.94 bits per heavy atom. The zero-order chi connectivity index (χ0) is 11.9. The topological polar surface area (TPSA) is 60.7 Å². The second kappa shape index (κ2) is 3.59. The van der Waals surface area contributed by atoms with Crippen LogP contribution in [0.15, 0.2) is 24.3 Å². The van der Waals surface area contributed by atoms with Crippen LogP contribution < -0.4 is 0 Å². The van der Waals surface area contributed by atoms with Crippen molar-refractivity contribution in [1.29, 1.82) is 0 Å². The maximum absolute atomic E-state index is 9.84. The lowest BCUT2D eigenvalue weighted by molar-refractivity contribution is 0.367. The Morgan fingerprint density at radius 1 is 0.812 bits per heavy atom. The van der Waals surface area contributed by atoms with Crippen LogP contribution >= 0.6 is 0 Å². The summed E-state index contributed by atoms with van der Waals surface area (Å²) in [5.74, 6) is -0.873. The van der Waals surface area contributed by atoms with Crippen molar-refractivity contribution in [3.8, 4) is 17.2 Å². The Bertz CT molecular complexity index is 544. The molecule has 0 saturated heterocycles. The van der Waals surface area contributed by atoms with Crippen molar-refractivity contribution < 1.29 is 15.3 Å². The number of phenolic OH excluding ortho intramolecular Hbond substituents is 3. The molecule has 0 saturated carbocycles. The van der Waals surface area contributed by atoms with E-state index in [1.165, 1.54) is 0 Å². The third-order valence-corrected chi connectivity index (χ3v) is 2.75. The first-order valence-electron chi connectivity index (χ1n) is 5.19. The molecule has 2 aromatic rings. The molecule has 16 heavy (non-hydrogen) atoms. The fourth-order valence-corrected chi connectivity index (χ4v) is 2.00. The Labute approximate surface area is 93.6 Å². The molecule has 3 N–H and O–H groups in total. The van der Waals surface area contributed by atoms with Crippen molar-refractivity contribution in [3.63, 3.8) is 0 Å². The van der Waals surface area contributed by atoms with Crippen LogP contribution in [0.25, 0.3) is 10.8 Å². The van der Waals surface area contributed by atoms with Crippen LogP contribution in [-0.2, 0) is 0 Å². The van der Waals surface area contributed by atoms with Gasteiger partial charge < -0.3 is 15.3 Å². The predicted octanol–water partition coefficient (Wildman–Crippen LogP) is 3.08. The highest BCUT2D eigenvalue weighted by Gasteiger charge is 2.19. The maximum Gasteiger partial charge on any atom is 0.201 e. The normalized spacial score (nSPS) is 11.2. The molecule has 0 atom stereocenters. The van der Waals surface area contributed by atoms with Crippen molar-refractivity contribution in [2.24, 2.45) is 0 Å². The molecule has 2 aromatic carbocycles. The highest BCUT2D eigenvalue weighted by molar-refractivity contribution is 5.95. The zero-order valence-electron chi connectivity index (χ0n) is 9.23. The van der Waals surface area contributed by atoms with E-state index in [2.05, 4.69) is 0 Å². The van der Waals surface area contributed by atoms with Crippen LogP contribution in [0.5, 0.6) is 17.2 Å². The van der Waals surface area contributed by atoms with Gasteiger partial charge in [-0.15, -0.1) is 0 Å². The molecule has 0 heterocycles. The number of phenols is 3. The molecule has 0 aliphatic carbocycles. The first-order valence-corrected chi connectivity index (χ1v) is 5.19. The molecule has 0 radical (unpaired) electrons. The lowest BCUT2D eigenvalue weighted by Crippen LogP contribution is -1.91. The highest BCUT2D eigenvalue weighted by atomic mass is 16.3. The Morgan fingerprint density at radius 2 is 1.38 bits per heavy atom. The van der Waals surface area contributed by atoms with Crippen LogP contribution in [0.1, 0.15) is 25.3 Å². The lowest BCUT2D eigenvalue weighted by Gasteiger charge is -2.15. The fourth-order valence-electron chi connectivity index (χ4n) is 2.00. The van der Waals surface area contributed by atoms with Crippen LogP contribution in [0, 0.1) is 0 Å². The molecule has 3 nitrogen and oxygen atoms in total. The van der Waals surface area contributed by atoms with E-state index in [0.717, 1.165) is 5.39 Å². The van der Waals surface area contributed by atoms with Gasteiger partial charge in [-0.1, -0.05) is 38.1 Å². The average molecular weight is 218 g/mol. The molecule has 0 bridgehead atoms. The smallest absolute Gasteiger partial charge is 0.201 e. The van der Waals surface area contributed by atoms with Crippen LogP contribution in [0.3, 0.4) is 0 Å². The maximum atomic E-state index is 9.84. The summed E-state index contributed by atoms with van der Waals surface area (Å²) in [5.41, 5.74) is 0.658. The Hall–Kier alpha value is -1.90. The number of hydrogen-bond acceptors (Lipinski definition) is 3. The molecular weight excluding hydrogens is 204 g/mol. The van der Waals surface area contributed by atoms with Crippen molar-refractivity contribution >= 4 is 10.8 Å². The monoisotopic (exact) mass is 218 g/mol. The number of rotatable bonds is 1. The van der Waals surface area contributed by atoms with Crippen molar-refractivity contribution in [1.82, 2.24) is 0 Å². The van der Waals surface area contributed by atoms with E-state index in [0.29, 0.717) is 10.9 Å². The summed E-state index contributed by atoms with van der Waals surface area (Å²) in [7, 11) is 0. The molecule has 0 aliphatic rings. The number of hydrogen-bond donors (Lipinski definition) is 3. The second-order valence-electron chi connectivity index (χ2n) is 4.16. The van der Waals surface area contributed by atoms with Gasteiger partial charge >= 0.3 is 0 Å². The standard InChI is InChI=1S/C13H14O3/c1-7(2)10-8-5-3-4-6-9(8)11(14)13(16)12(10)15/h3-7,14-16H,1-2H3. The van der Waals surface area contributed by atoms with Crippen LogP contribution in [-0.4, -0.2) is 15.3 Å². The van der Waals surface area contributed by atoms with E-state index in [9.17, 15) is 15.3 Å². The fraction of sp³-hybridized carbons (Fsp3) is 0.231. The van der Waals surface area contributed by atoms with E-state index in [1.807, 2.05) is 26.0 Å². The summed E-state index contributed by atoms with van der Waals surface area (Å²) < 4.78 is 0. The van der Waals surface area contributed by atoms with Gasteiger partial charge in [-0.2, -0.15) is 0 Å². The predicted molar refractivity (Wildman–Crippen MR) is 63.0 cm³/mol. The summed E-state index contributed by atoms with van der Waals surface area (Å²) in [5, 5.41) is 30.5. The van der Waals surface area contributed by atoms with Gasteiger partial charge in [-0.3, -0.25) is 0 Å². The summed E-state index contributed by atoms with van der Waals surface area (Å²) >= 11 is 0. The highest BCUT2D eigenvalue weighted by Crippen LogP contribution is 2.46. The third kappa shape index (κ3) is 1.36. The van der Waals surface area contributed by atoms with Gasteiger partial charge in [0.25, 0.3) is 0 Å². The van der Waals surface area contributed by atoms with E-state index in [4.69, 9.17) is 0 Å². The van der Waals surface area contributed by atoms with Crippen LogP contribution in [0.2, 0.25) is 0 Å². The summed E-state index contributed by atoms with van der Waals surface area (Å²) in [6.07, 6.45) is 0. The van der Waals surface area contributed by atoms with Gasteiger partial charge in [0.2, 0.25) is 5.75 Å². The SMILES string of the molecule is CC(C)c1c(O)c(O)c(O)c2ccccc12. The molecular formula is C13H14O3. The van der Waals surface area contributed by atoms with E-state index in [1.54, 1.807) is 12.1 Å². The number of benzene rings is 2. The zero-order valence-corrected chi connectivity index (χ0v) is 9.23. The van der Waals surface area contributed by atoms with E-state index >= 15 is 0 Å². The molecule has 0 aliphatic heterocycles.